The first kappa shape index (κ1) is 8.49. The molecule has 0 saturated heterocycles. The van der Waals surface area contributed by atoms with Crippen LogP contribution in [0.1, 0.15) is 11.9 Å². The highest BCUT2D eigenvalue weighted by Gasteiger charge is 2.45. The van der Waals surface area contributed by atoms with Crippen LogP contribution in [0.15, 0.2) is 6.33 Å². The molecule has 1 aliphatic rings. The molecule has 0 aliphatic carbocycles. The molecule has 71 valence electrons. The molecule has 0 fully saturated rings. The summed E-state index contributed by atoms with van der Waals surface area (Å²) >= 11 is 0. The van der Waals surface area contributed by atoms with Gasteiger partial charge in [0, 0.05) is 13.1 Å². The maximum Gasteiger partial charge on any atom is 0.412 e. The van der Waals surface area contributed by atoms with Crippen molar-refractivity contribution in [1.29, 1.82) is 0 Å². The molecule has 1 aliphatic heterocycles. The van der Waals surface area contributed by atoms with E-state index >= 15 is 0 Å². The normalized spacial score (nSPS) is 22.8. The molecule has 13 heavy (non-hydrogen) atoms. The first-order chi connectivity index (χ1) is 6.09. The van der Waals surface area contributed by atoms with Gasteiger partial charge in [-0.15, -0.1) is 10.2 Å². The Hall–Kier alpha value is -1.11. The van der Waals surface area contributed by atoms with Crippen molar-refractivity contribution in [2.24, 2.45) is 0 Å². The number of fused-ring (bicyclic) bond motifs is 1. The Bertz CT molecular complexity index is 305. The van der Waals surface area contributed by atoms with Gasteiger partial charge in [-0.05, 0) is 0 Å². The molecule has 1 unspecified atom stereocenters. The minimum absolute atomic E-state index is 0.112. The average molecular weight is 191 g/mol. The molecule has 0 saturated carbocycles. The van der Waals surface area contributed by atoms with Crippen molar-refractivity contribution in [3.63, 3.8) is 0 Å². The van der Waals surface area contributed by atoms with Gasteiger partial charge in [-0.25, -0.2) is 5.32 Å². The molecule has 0 N–H and O–H groups in total. The summed E-state index contributed by atoms with van der Waals surface area (Å²) in [6.07, 6.45) is -3.06. The standard InChI is InChI=1S/C6H6F3N4/c7-6(8,9)4-5-12-11-3-13(5)2-1-10-4/h3-4H,1-2H2. The first-order valence-electron chi connectivity index (χ1n) is 3.70. The summed E-state index contributed by atoms with van der Waals surface area (Å²) < 4.78 is 38.3. The molecular formula is C6H6F3N4. The molecule has 0 amide bonds. The topological polar surface area (TPSA) is 44.8 Å². The van der Waals surface area contributed by atoms with Crippen LogP contribution in [0.3, 0.4) is 0 Å². The van der Waals surface area contributed by atoms with Gasteiger partial charge in [0.05, 0.1) is 0 Å². The third kappa shape index (κ3) is 1.39. The van der Waals surface area contributed by atoms with Gasteiger partial charge >= 0.3 is 6.18 Å². The molecule has 7 heteroatoms. The molecule has 4 nitrogen and oxygen atoms in total. The Labute approximate surface area is 71.8 Å². The van der Waals surface area contributed by atoms with E-state index in [0.717, 1.165) is 0 Å². The second kappa shape index (κ2) is 2.69. The molecule has 0 aromatic carbocycles. The SMILES string of the molecule is FC(F)(F)C1[N]CCn2cnnc21. The summed E-state index contributed by atoms with van der Waals surface area (Å²) in [6, 6.07) is -1.80. The summed E-state index contributed by atoms with van der Waals surface area (Å²) in [4.78, 5) is 0. The lowest BCUT2D eigenvalue weighted by Crippen LogP contribution is -2.37. The molecule has 0 bridgehead atoms. The van der Waals surface area contributed by atoms with Gasteiger partial charge < -0.3 is 4.57 Å². The smallest absolute Gasteiger partial charge is 0.315 e. The monoisotopic (exact) mass is 191 g/mol. The lowest BCUT2D eigenvalue weighted by molar-refractivity contribution is -0.163. The minimum Gasteiger partial charge on any atom is -0.315 e. The van der Waals surface area contributed by atoms with Crippen LogP contribution in [-0.2, 0) is 6.54 Å². The van der Waals surface area contributed by atoms with E-state index in [1.165, 1.54) is 10.9 Å². The molecule has 0 spiro atoms. The van der Waals surface area contributed by atoms with E-state index in [2.05, 4.69) is 15.5 Å². The Morgan fingerprint density at radius 3 is 2.92 bits per heavy atom. The fourth-order valence-electron chi connectivity index (χ4n) is 1.27. The average Bonchev–Trinajstić information content (AvgIpc) is 2.48. The second-order valence-electron chi connectivity index (χ2n) is 2.73. The van der Waals surface area contributed by atoms with E-state index in [4.69, 9.17) is 0 Å². The van der Waals surface area contributed by atoms with Crippen LogP contribution in [0.2, 0.25) is 0 Å². The van der Waals surface area contributed by atoms with Crippen molar-refractivity contribution in [3.05, 3.63) is 12.2 Å². The van der Waals surface area contributed by atoms with E-state index in [-0.39, 0.29) is 12.4 Å². The number of hydrogen-bond donors (Lipinski definition) is 0. The Kier molecular flexibility index (Phi) is 1.76. The van der Waals surface area contributed by atoms with Crippen LogP contribution in [-0.4, -0.2) is 27.5 Å². The lowest BCUT2D eigenvalue weighted by atomic mass is 10.2. The van der Waals surface area contributed by atoms with Crippen molar-refractivity contribution in [2.75, 3.05) is 6.54 Å². The van der Waals surface area contributed by atoms with Crippen LogP contribution >= 0.6 is 0 Å². The van der Waals surface area contributed by atoms with Gasteiger partial charge in [0.15, 0.2) is 11.9 Å². The summed E-state index contributed by atoms with van der Waals surface area (Å²) in [7, 11) is 0. The number of halogens is 3. The molecule has 1 radical (unpaired) electrons. The van der Waals surface area contributed by atoms with Crippen LogP contribution in [0.25, 0.3) is 0 Å². The fourth-order valence-corrected chi connectivity index (χ4v) is 1.27. The van der Waals surface area contributed by atoms with Crippen molar-refractivity contribution < 1.29 is 13.2 Å². The number of rotatable bonds is 0. The molecule has 1 atom stereocenters. The lowest BCUT2D eigenvalue weighted by Gasteiger charge is -2.24. The van der Waals surface area contributed by atoms with Gasteiger partial charge in [-0.3, -0.25) is 0 Å². The largest absolute Gasteiger partial charge is 0.412 e. The van der Waals surface area contributed by atoms with E-state index in [1.54, 1.807) is 0 Å². The fraction of sp³-hybridized carbons (Fsp3) is 0.667. The zero-order valence-corrected chi connectivity index (χ0v) is 6.49. The van der Waals surface area contributed by atoms with Crippen molar-refractivity contribution in [3.8, 4) is 0 Å². The third-order valence-electron chi connectivity index (χ3n) is 1.85. The van der Waals surface area contributed by atoms with Gasteiger partial charge in [-0.1, -0.05) is 0 Å². The highest BCUT2D eigenvalue weighted by molar-refractivity contribution is 5.01. The molecule has 2 rings (SSSR count). The highest BCUT2D eigenvalue weighted by Crippen LogP contribution is 2.33. The quantitative estimate of drug-likeness (QED) is 0.599. The van der Waals surface area contributed by atoms with Crippen LogP contribution in [0.4, 0.5) is 13.2 Å². The van der Waals surface area contributed by atoms with E-state index in [9.17, 15) is 13.2 Å². The summed E-state index contributed by atoms with van der Waals surface area (Å²) in [6.45, 7) is 0.587. The van der Waals surface area contributed by atoms with Crippen LogP contribution in [0, 0.1) is 0 Å². The predicted molar refractivity (Wildman–Crippen MR) is 35.8 cm³/mol. The number of aromatic nitrogens is 3. The Morgan fingerprint density at radius 2 is 2.23 bits per heavy atom. The van der Waals surface area contributed by atoms with Gasteiger partial charge in [-0.2, -0.15) is 13.2 Å². The number of hydrogen-bond acceptors (Lipinski definition) is 2. The second-order valence-corrected chi connectivity index (χ2v) is 2.73. The molecule has 1 aromatic heterocycles. The molecule has 2 heterocycles. The van der Waals surface area contributed by atoms with Crippen molar-refractivity contribution in [1.82, 2.24) is 20.1 Å². The van der Waals surface area contributed by atoms with Gasteiger partial charge in [0.1, 0.15) is 6.33 Å². The van der Waals surface area contributed by atoms with E-state index in [1.807, 2.05) is 0 Å². The minimum atomic E-state index is -4.36. The van der Waals surface area contributed by atoms with E-state index < -0.39 is 12.2 Å². The zero-order chi connectivity index (χ0) is 9.47. The first-order valence-corrected chi connectivity index (χ1v) is 3.70. The summed E-state index contributed by atoms with van der Waals surface area (Å²) in [5.41, 5.74) is 0. The predicted octanol–water partition coefficient (Wildman–Crippen LogP) is 0.499. The highest BCUT2D eigenvalue weighted by atomic mass is 19.4. The maximum atomic E-state index is 12.3. The van der Waals surface area contributed by atoms with Gasteiger partial charge in [0.2, 0.25) is 0 Å². The summed E-state index contributed by atoms with van der Waals surface area (Å²) in [5, 5.41) is 10.3. The maximum absolute atomic E-state index is 12.3. The summed E-state index contributed by atoms with van der Waals surface area (Å²) in [5.74, 6) is -0.112. The van der Waals surface area contributed by atoms with Crippen LogP contribution < -0.4 is 5.32 Å². The number of alkyl halides is 3. The third-order valence-corrected chi connectivity index (χ3v) is 1.85. The Balaban J connectivity index is 2.35. The molecular weight excluding hydrogens is 185 g/mol. The molecule has 1 aromatic rings. The van der Waals surface area contributed by atoms with Gasteiger partial charge in [0.25, 0.3) is 0 Å². The van der Waals surface area contributed by atoms with Crippen molar-refractivity contribution in [2.45, 2.75) is 18.8 Å². The van der Waals surface area contributed by atoms with E-state index in [0.29, 0.717) is 6.54 Å². The van der Waals surface area contributed by atoms with Crippen molar-refractivity contribution >= 4 is 0 Å². The van der Waals surface area contributed by atoms with Crippen LogP contribution in [0.5, 0.6) is 0 Å². The zero-order valence-electron chi connectivity index (χ0n) is 6.49. The Morgan fingerprint density at radius 1 is 1.46 bits per heavy atom. The number of nitrogens with zero attached hydrogens (tertiary/aromatic N) is 4.